The first kappa shape index (κ1) is 105. The molecule has 134 heavy (non-hydrogen) atoms. The standard InChI is InChI=1S/C26H30N2O6S2.C25H25BrFNO4S.C24H23ClN2O5S.C23H30N2O6S/c1-6-18-11-13-22(32-2)21(15-18)28(17-26(29)27-20-9-7-8-10-25(20)35-5)36(30,31)19-12-14-23(33-3)24(16-19)34-4;1-4-18-7-12-25(32-3)24(13-18)28(33(30,31)22-10-5-17(2)6-11-22)16-21(29)14-19-8-9-20(26)15-23(19)27;1-16-8-11-19(12-9-16)33(30,31)27(22-14-18(25)10-13-23(22)32-3)15-24(29)26-21-7-5-4-6-20(21)17(2)28;1-29-18-8-11-20(12-9-18)32(27,28)25(17-23(26)24-14-6-4-5-7-15-24)21-16-19(30-2)10-13-22(21)31-3/h7-16H,6,17H2,1-5H3,(H,27,29);5-13,15H,4,14,16H2,1-3H3;4-14,28H,2,15H2,1,3H3,(H,26,29);8-13,16H,4-7,14-15,17H2,1-3H3. The number of hydrogen-bond donors (Lipinski definition) is 3. The van der Waals surface area contributed by atoms with Crippen LogP contribution in [0, 0.1) is 19.7 Å². The van der Waals surface area contributed by atoms with Crippen molar-refractivity contribution < 1.29 is 100 Å². The molecule has 1 saturated heterocycles. The second kappa shape index (κ2) is 48.9. The van der Waals surface area contributed by atoms with E-state index in [1.165, 1.54) is 148 Å². The van der Waals surface area contributed by atoms with Gasteiger partial charge in [-0.3, -0.25) is 36.4 Å². The highest BCUT2D eigenvalue weighted by Gasteiger charge is 2.37. The van der Waals surface area contributed by atoms with Crippen LogP contribution in [-0.2, 0) is 78.5 Å². The van der Waals surface area contributed by atoms with Crippen LogP contribution in [-0.4, -0.2) is 170 Å². The monoisotopic (exact) mass is 2010 g/mol. The molecule has 1 heterocycles. The maximum Gasteiger partial charge on any atom is 0.265 e. The summed E-state index contributed by atoms with van der Waals surface area (Å²) in [5, 5.41) is 15.5. The highest BCUT2D eigenvalue weighted by atomic mass is 79.9. The number of hydrogen-bond acceptors (Lipinski definition) is 22. The SMILES string of the molecule is C=C(O)c1ccccc1NC(=O)CN(c1cc(Cl)ccc1OC)S(=O)(=O)c1ccc(C)cc1.CCc1ccc(OC)c(N(CC(=O)Cc2ccc(Br)cc2F)S(=O)(=O)c2ccc(C)cc2)c1.CCc1ccc(OC)c(N(CC(=O)Nc2ccccc2SC)S(=O)(=O)c2ccc(OC)c(OC)c2)c1.COc1ccc(S(=O)(=O)N(CC(=O)N2CCCCCC2)c2cc(OC)ccc2OC)cc1. The molecular formula is C98H108BrClFN7O21S5. The van der Waals surface area contributed by atoms with Crippen molar-refractivity contribution in [3.05, 3.63) is 286 Å². The fraction of sp³-hybridized carbons (Fsp3) is 0.265. The van der Waals surface area contributed by atoms with E-state index in [0.717, 1.165) is 70.1 Å². The number of nitrogens with one attached hydrogen (secondary N) is 2. The highest BCUT2D eigenvalue weighted by molar-refractivity contribution is 9.10. The molecule has 0 spiro atoms. The number of thioether (sulfide) groups is 1. The van der Waals surface area contributed by atoms with E-state index in [4.69, 9.17) is 49.5 Å². The summed E-state index contributed by atoms with van der Waals surface area (Å²) in [5.41, 5.74) is 5.88. The highest BCUT2D eigenvalue weighted by Crippen LogP contribution is 2.42. The number of likely N-dealkylation sites (tertiary alicyclic amines) is 1. The van der Waals surface area contributed by atoms with Crippen LogP contribution in [0.5, 0.6) is 46.0 Å². The molecule has 0 bridgehead atoms. The van der Waals surface area contributed by atoms with Crippen molar-refractivity contribution >= 4 is 143 Å². The van der Waals surface area contributed by atoms with Gasteiger partial charge < -0.3 is 58.5 Å². The van der Waals surface area contributed by atoms with Gasteiger partial charge in [-0.1, -0.05) is 139 Å². The van der Waals surface area contributed by atoms with Crippen molar-refractivity contribution in [3.8, 4) is 46.0 Å². The molecule has 712 valence electrons. The van der Waals surface area contributed by atoms with Crippen molar-refractivity contribution in [1.82, 2.24) is 4.90 Å². The zero-order valence-corrected chi connectivity index (χ0v) is 82.8. The van der Waals surface area contributed by atoms with E-state index in [1.807, 2.05) is 58.2 Å². The van der Waals surface area contributed by atoms with E-state index in [9.17, 15) is 62.3 Å². The lowest BCUT2D eigenvalue weighted by Gasteiger charge is -2.29. The van der Waals surface area contributed by atoms with Crippen LogP contribution in [0.2, 0.25) is 5.02 Å². The summed E-state index contributed by atoms with van der Waals surface area (Å²) >= 11 is 10.8. The number of nitrogens with zero attached hydrogens (tertiary/aromatic N) is 5. The molecule has 0 unspecified atom stereocenters. The van der Waals surface area contributed by atoms with Crippen LogP contribution in [0.15, 0.2) is 266 Å². The smallest absolute Gasteiger partial charge is 0.265 e. The first-order chi connectivity index (χ1) is 64.0. The molecule has 11 aromatic carbocycles. The molecular weight excluding hydrogens is 1910 g/mol. The number of aryl methyl sites for hydroxylation is 4. The number of amides is 3. The normalized spacial score (nSPS) is 11.9. The van der Waals surface area contributed by atoms with Crippen molar-refractivity contribution in [3.63, 3.8) is 0 Å². The fourth-order valence-electron chi connectivity index (χ4n) is 13.9. The first-order valence-electron chi connectivity index (χ1n) is 41.9. The molecule has 3 N–H and O–H groups in total. The van der Waals surface area contributed by atoms with Crippen molar-refractivity contribution in [2.24, 2.45) is 0 Å². The number of anilines is 6. The number of carbonyl (C=O) groups is 4. The fourth-order valence-corrected chi connectivity index (χ4v) is 20.7. The summed E-state index contributed by atoms with van der Waals surface area (Å²) in [5.74, 6) is 0.259. The number of halogens is 3. The van der Waals surface area contributed by atoms with Gasteiger partial charge in [0.05, 0.1) is 117 Å². The summed E-state index contributed by atoms with van der Waals surface area (Å²) < 4.78 is 171. The molecule has 28 nitrogen and oxygen atoms in total. The van der Waals surface area contributed by atoms with Gasteiger partial charge >= 0.3 is 0 Å². The van der Waals surface area contributed by atoms with E-state index < -0.39 is 83.1 Å². The maximum absolute atomic E-state index is 14.3. The zero-order valence-electron chi connectivity index (χ0n) is 76.4. The van der Waals surface area contributed by atoms with Crippen LogP contribution in [0.3, 0.4) is 0 Å². The number of ketones is 1. The van der Waals surface area contributed by atoms with Gasteiger partial charge in [-0.2, -0.15) is 0 Å². The molecule has 3 amide bonds. The minimum Gasteiger partial charge on any atom is -0.508 e. The third-order valence-electron chi connectivity index (χ3n) is 21.1. The van der Waals surface area contributed by atoms with E-state index in [0.29, 0.717) is 81.8 Å². The zero-order chi connectivity index (χ0) is 97.8. The summed E-state index contributed by atoms with van der Waals surface area (Å²) in [6, 6.07) is 61.2. The minimum absolute atomic E-state index is 0.00654. The minimum atomic E-state index is -4.22. The Kier molecular flexibility index (Phi) is 38.4. The van der Waals surface area contributed by atoms with Gasteiger partial charge in [-0.15, -0.1) is 11.8 Å². The number of sulfonamides is 4. The topological polar surface area (TPSA) is 339 Å². The average molecular weight is 2010 g/mol. The number of benzene rings is 11. The van der Waals surface area contributed by atoms with Gasteiger partial charge in [-0.05, 0) is 214 Å². The molecule has 12 rings (SSSR count). The van der Waals surface area contributed by atoms with Gasteiger partial charge in [0, 0.05) is 51.6 Å². The van der Waals surface area contributed by atoms with Gasteiger partial charge in [0.2, 0.25) is 17.7 Å². The number of para-hydroxylation sites is 2. The van der Waals surface area contributed by atoms with Crippen molar-refractivity contribution in [2.75, 3.05) is 130 Å². The predicted octanol–water partition coefficient (Wildman–Crippen LogP) is 18.6. The summed E-state index contributed by atoms with van der Waals surface area (Å²) in [4.78, 5) is 55.1. The average Bonchev–Trinajstić information content (AvgIpc) is 0.805. The van der Waals surface area contributed by atoms with Gasteiger partial charge in [0.25, 0.3) is 40.1 Å². The number of methoxy groups -OCH3 is 8. The molecule has 11 aromatic rings. The Labute approximate surface area is 801 Å². The third-order valence-corrected chi connectivity index (χ3v) is 29.7. The summed E-state index contributed by atoms with van der Waals surface area (Å²) in [6.07, 6.45) is 6.98. The Morgan fingerprint density at radius 2 is 0.851 bits per heavy atom. The Morgan fingerprint density at radius 3 is 1.32 bits per heavy atom. The van der Waals surface area contributed by atoms with E-state index in [1.54, 1.807) is 132 Å². The van der Waals surface area contributed by atoms with Gasteiger partial charge in [0.15, 0.2) is 17.3 Å². The lowest BCUT2D eigenvalue weighted by atomic mass is 10.1. The lowest BCUT2D eigenvalue weighted by Crippen LogP contribution is -2.43. The predicted molar refractivity (Wildman–Crippen MR) is 527 cm³/mol. The Bertz CT molecular complexity index is 6440. The lowest BCUT2D eigenvalue weighted by molar-refractivity contribution is -0.129. The first-order valence-corrected chi connectivity index (χ1v) is 50.1. The molecule has 1 aliphatic heterocycles. The van der Waals surface area contributed by atoms with Crippen LogP contribution < -0.4 is 65.7 Å². The van der Waals surface area contributed by atoms with Crippen LogP contribution in [0.1, 0.15) is 72.9 Å². The molecule has 36 heteroatoms. The molecule has 0 aromatic heterocycles. The quantitative estimate of drug-likeness (QED) is 0.0242. The van der Waals surface area contributed by atoms with E-state index in [2.05, 4.69) is 33.1 Å². The van der Waals surface area contributed by atoms with Crippen molar-refractivity contribution in [1.29, 1.82) is 0 Å². The Balaban J connectivity index is 0.000000201. The third kappa shape index (κ3) is 27.2. The Morgan fingerprint density at radius 1 is 0.448 bits per heavy atom. The molecule has 1 fully saturated rings. The second-order valence-electron chi connectivity index (χ2n) is 30.0. The largest absolute Gasteiger partial charge is 0.508 e. The van der Waals surface area contributed by atoms with Gasteiger partial charge in [0.1, 0.15) is 65.7 Å². The molecule has 0 atom stereocenters. The van der Waals surface area contributed by atoms with Crippen LogP contribution >= 0.6 is 39.3 Å². The Hall–Kier alpha value is -12.5. The summed E-state index contributed by atoms with van der Waals surface area (Å²) in [7, 11) is -4.91. The van der Waals surface area contributed by atoms with E-state index in [-0.39, 0.29) is 89.0 Å². The van der Waals surface area contributed by atoms with Crippen LogP contribution in [0.4, 0.5) is 38.5 Å². The number of aliphatic hydroxyl groups is 1. The number of ether oxygens (including phenoxy) is 8. The number of Topliss-reactive ketones (excluding diaryl/α,β-unsaturated/α-hetero) is 1. The molecule has 0 radical (unpaired) electrons. The van der Waals surface area contributed by atoms with Crippen LogP contribution in [0.25, 0.3) is 5.76 Å². The van der Waals surface area contributed by atoms with Crippen molar-refractivity contribution in [2.45, 2.75) is 97.1 Å². The number of carbonyl (C=O) groups excluding carboxylic acids is 4. The van der Waals surface area contributed by atoms with Gasteiger partial charge in [-0.25, -0.2) is 38.1 Å². The summed E-state index contributed by atoms with van der Waals surface area (Å²) in [6.45, 7) is 10.5. The molecule has 0 saturated carbocycles. The maximum atomic E-state index is 14.3. The molecule has 1 aliphatic rings. The number of aliphatic hydroxyl groups excluding tert-OH is 1. The number of rotatable bonds is 36. The second-order valence-corrected chi connectivity index (χ2v) is 39.6. The van der Waals surface area contributed by atoms with E-state index >= 15 is 0 Å². The molecule has 0 aliphatic carbocycles.